The second kappa shape index (κ2) is 8.99. The highest BCUT2D eigenvalue weighted by Crippen LogP contribution is 2.22. The summed E-state index contributed by atoms with van der Waals surface area (Å²) >= 11 is 0. The predicted molar refractivity (Wildman–Crippen MR) is 82.6 cm³/mol. The van der Waals surface area contributed by atoms with Gasteiger partial charge in [-0.2, -0.15) is 8.78 Å². The maximum Gasteiger partial charge on any atom is 0.326 e. The topological polar surface area (TPSA) is 126 Å². The Kier molecular flexibility index (Phi) is 7.33. The van der Waals surface area contributed by atoms with Gasteiger partial charge < -0.3 is 16.8 Å². The molecule has 0 aromatic carbocycles. The van der Waals surface area contributed by atoms with Crippen molar-refractivity contribution >= 4 is 17.6 Å². The van der Waals surface area contributed by atoms with Gasteiger partial charge in [-0.1, -0.05) is 0 Å². The van der Waals surface area contributed by atoms with E-state index in [1.807, 2.05) is 0 Å². The summed E-state index contributed by atoms with van der Waals surface area (Å²) in [7, 11) is 0. The Hall–Kier alpha value is -2.46. The van der Waals surface area contributed by atoms with Crippen molar-refractivity contribution in [3.8, 4) is 0 Å². The van der Waals surface area contributed by atoms with Crippen LogP contribution in [0.2, 0.25) is 0 Å². The molecule has 11 heteroatoms. The summed E-state index contributed by atoms with van der Waals surface area (Å²) in [5, 5.41) is 9.55. The Bertz CT molecular complexity index is 577. The first-order valence-corrected chi connectivity index (χ1v) is 7.08. The summed E-state index contributed by atoms with van der Waals surface area (Å²) in [6.07, 6.45) is 0.0702. The van der Waals surface area contributed by atoms with Crippen molar-refractivity contribution in [3.63, 3.8) is 0 Å². The van der Waals surface area contributed by atoms with Gasteiger partial charge in [0.25, 0.3) is 0 Å². The van der Waals surface area contributed by atoms with Crippen LogP contribution in [0.5, 0.6) is 0 Å². The number of halogens is 4. The minimum absolute atomic E-state index is 0.107. The standard InChI is InChI=1S/C13H19F4N7/c14-11(15)13(16,17)7-22-12(20)24-10-5-6-21-9(23-10)4-2-1-3-8(18)19/h5-6,11H,1-4,7H2,(H3,18,19)(H3,20,21,22,23,24). The van der Waals surface area contributed by atoms with Gasteiger partial charge >= 0.3 is 12.3 Å². The first-order valence-electron chi connectivity index (χ1n) is 7.08. The molecule has 1 aromatic heterocycles. The Morgan fingerprint density at radius 3 is 2.67 bits per heavy atom. The summed E-state index contributed by atoms with van der Waals surface area (Å²) in [6, 6.07) is 1.44. The van der Waals surface area contributed by atoms with Gasteiger partial charge in [-0.3, -0.25) is 5.41 Å². The molecule has 0 bridgehead atoms. The third kappa shape index (κ3) is 7.20. The monoisotopic (exact) mass is 349 g/mol. The smallest absolute Gasteiger partial charge is 0.326 e. The van der Waals surface area contributed by atoms with E-state index in [1.54, 1.807) is 0 Å². The van der Waals surface area contributed by atoms with Crippen LogP contribution in [0.1, 0.15) is 25.1 Å². The van der Waals surface area contributed by atoms with E-state index in [1.165, 1.54) is 12.3 Å². The van der Waals surface area contributed by atoms with Gasteiger partial charge in [0.15, 0.2) is 5.96 Å². The van der Waals surface area contributed by atoms with Crippen LogP contribution in [0.15, 0.2) is 17.3 Å². The minimum Gasteiger partial charge on any atom is -0.388 e. The fourth-order valence-electron chi connectivity index (χ4n) is 1.62. The van der Waals surface area contributed by atoms with Gasteiger partial charge in [-0.05, 0) is 18.9 Å². The quantitative estimate of drug-likeness (QED) is 0.234. The molecule has 0 saturated heterocycles. The predicted octanol–water partition coefficient (Wildman–Crippen LogP) is 1.75. The molecule has 0 spiro atoms. The lowest BCUT2D eigenvalue weighted by atomic mass is 10.2. The zero-order valence-corrected chi connectivity index (χ0v) is 12.8. The average molecular weight is 349 g/mol. The molecule has 7 nitrogen and oxygen atoms in total. The number of nitrogens with zero attached hydrogens (tertiary/aromatic N) is 3. The molecule has 134 valence electrons. The Labute approximate surface area is 136 Å². The molecule has 0 aliphatic rings. The van der Waals surface area contributed by atoms with Gasteiger partial charge in [0.05, 0.1) is 5.84 Å². The molecule has 0 atom stereocenters. The fourth-order valence-corrected chi connectivity index (χ4v) is 1.62. The highest BCUT2D eigenvalue weighted by Gasteiger charge is 2.40. The molecule has 0 aliphatic heterocycles. The van der Waals surface area contributed by atoms with Gasteiger partial charge in [0.2, 0.25) is 0 Å². The number of hydrogen-bond donors (Lipinski definition) is 4. The van der Waals surface area contributed by atoms with E-state index in [4.69, 9.17) is 16.9 Å². The lowest BCUT2D eigenvalue weighted by Gasteiger charge is -2.13. The zero-order chi connectivity index (χ0) is 18.2. The van der Waals surface area contributed by atoms with Crippen molar-refractivity contribution in [1.82, 2.24) is 9.97 Å². The van der Waals surface area contributed by atoms with E-state index in [-0.39, 0.29) is 11.7 Å². The summed E-state index contributed by atoms with van der Waals surface area (Å²) in [5.74, 6) is -3.88. The largest absolute Gasteiger partial charge is 0.388 e. The Balaban J connectivity index is 2.55. The van der Waals surface area contributed by atoms with Crippen LogP contribution >= 0.6 is 0 Å². The molecule has 0 saturated carbocycles. The molecule has 24 heavy (non-hydrogen) atoms. The molecule has 1 rings (SSSR count). The number of aromatic nitrogens is 2. The lowest BCUT2D eigenvalue weighted by molar-refractivity contribution is -0.119. The number of hydrogen-bond acceptors (Lipinski definition) is 4. The highest BCUT2D eigenvalue weighted by molar-refractivity contribution is 5.91. The molecular weight excluding hydrogens is 330 g/mol. The van der Waals surface area contributed by atoms with Crippen LogP contribution in [0.4, 0.5) is 23.4 Å². The van der Waals surface area contributed by atoms with E-state index < -0.39 is 24.9 Å². The number of nitrogens with one attached hydrogen (secondary N) is 2. The second-order valence-electron chi connectivity index (χ2n) is 4.98. The zero-order valence-electron chi connectivity index (χ0n) is 12.8. The van der Waals surface area contributed by atoms with Crippen molar-refractivity contribution in [3.05, 3.63) is 18.1 Å². The summed E-state index contributed by atoms with van der Waals surface area (Å²) < 4.78 is 49.5. The van der Waals surface area contributed by atoms with Crippen molar-refractivity contribution in [2.45, 2.75) is 38.0 Å². The van der Waals surface area contributed by atoms with E-state index in [0.29, 0.717) is 31.5 Å². The second-order valence-corrected chi connectivity index (χ2v) is 4.98. The van der Waals surface area contributed by atoms with Gasteiger partial charge in [-0.25, -0.2) is 23.7 Å². The van der Waals surface area contributed by atoms with Crippen molar-refractivity contribution in [2.75, 3.05) is 11.9 Å². The Morgan fingerprint density at radius 1 is 1.33 bits per heavy atom. The van der Waals surface area contributed by atoms with Crippen LogP contribution in [0, 0.1) is 5.41 Å². The highest BCUT2D eigenvalue weighted by atomic mass is 19.3. The van der Waals surface area contributed by atoms with Gasteiger partial charge in [-0.15, -0.1) is 0 Å². The molecule has 6 N–H and O–H groups in total. The number of alkyl halides is 4. The summed E-state index contributed by atoms with van der Waals surface area (Å²) in [4.78, 5) is 11.3. The molecule has 1 aromatic rings. The van der Waals surface area contributed by atoms with Crippen LogP contribution in [0.25, 0.3) is 0 Å². The molecular formula is C13H19F4N7. The molecule has 0 aliphatic carbocycles. The average Bonchev–Trinajstić information content (AvgIpc) is 2.50. The molecule has 0 fully saturated rings. The van der Waals surface area contributed by atoms with Crippen molar-refractivity contribution < 1.29 is 17.6 Å². The number of aryl methyl sites for hydroxylation is 1. The lowest BCUT2D eigenvalue weighted by Crippen LogP contribution is -2.33. The molecule has 1 heterocycles. The van der Waals surface area contributed by atoms with Crippen LogP contribution in [0.3, 0.4) is 0 Å². The number of rotatable bonds is 9. The SMILES string of the molecule is N=C(N)CCCCc1nccc(NC(N)=NCC(F)(F)C(F)F)n1. The van der Waals surface area contributed by atoms with E-state index in [0.717, 1.165) is 0 Å². The van der Waals surface area contributed by atoms with Gasteiger partial charge in [0, 0.05) is 19.0 Å². The number of anilines is 1. The normalized spacial score (nSPS) is 12.5. The van der Waals surface area contributed by atoms with Crippen molar-refractivity contribution in [2.24, 2.45) is 16.5 Å². The first kappa shape index (κ1) is 19.6. The maximum absolute atomic E-state index is 12.7. The number of aliphatic imine (C=N–C) groups is 1. The third-order valence-electron chi connectivity index (χ3n) is 2.84. The maximum atomic E-state index is 12.7. The van der Waals surface area contributed by atoms with Crippen LogP contribution in [-0.2, 0) is 6.42 Å². The number of nitrogens with two attached hydrogens (primary N) is 2. The minimum atomic E-state index is -4.24. The van der Waals surface area contributed by atoms with E-state index in [2.05, 4.69) is 20.3 Å². The van der Waals surface area contributed by atoms with E-state index >= 15 is 0 Å². The van der Waals surface area contributed by atoms with Crippen molar-refractivity contribution in [1.29, 1.82) is 5.41 Å². The summed E-state index contributed by atoms with van der Waals surface area (Å²) in [5.41, 5.74) is 10.6. The number of amidine groups is 1. The summed E-state index contributed by atoms with van der Waals surface area (Å²) in [6.45, 7) is -1.42. The number of guanidine groups is 1. The molecule has 0 unspecified atom stereocenters. The van der Waals surface area contributed by atoms with E-state index in [9.17, 15) is 17.6 Å². The molecule has 0 radical (unpaired) electrons. The molecule has 0 amide bonds. The Morgan fingerprint density at radius 2 is 2.04 bits per heavy atom. The number of unbranched alkanes of at least 4 members (excludes halogenated alkanes) is 1. The first-order chi connectivity index (χ1) is 11.2. The van der Waals surface area contributed by atoms with Crippen LogP contribution < -0.4 is 16.8 Å². The van der Waals surface area contributed by atoms with Gasteiger partial charge in [0.1, 0.15) is 18.2 Å². The van der Waals surface area contributed by atoms with Crippen LogP contribution in [-0.4, -0.2) is 40.7 Å². The third-order valence-corrected chi connectivity index (χ3v) is 2.84. The fraction of sp³-hybridized carbons (Fsp3) is 0.538.